The standard InChI is InChI=1S/C7H8ClNO2S/c8-7-3-1-6(2-4-7)5-12(9,10)11/h1-4H,5H2,(H2,9,10,11)/i1D,2D,3D,4D. The number of rotatable bonds is 2. The molecule has 0 saturated carbocycles. The lowest BCUT2D eigenvalue weighted by atomic mass is 10.2. The van der Waals surface area contributed by atoms with Crippen LogP contribution in [0.15, 0.2) is 24.2 Å². The van der Waals surface area contributed by atoms with E-state index >= 15 is 0 Å². The van der Waals surface area contributed by atoms with Gasteiger partial charge in [0.05, 0.1) is 11.2 Å². The summed E-state index contributed by atoms with van der Waals surface area (Å²) in [7, 11) is -3.92. The van der Waals surface area contributed by atoms with Gasteiger partial charge in [0, 0.05) is 5.02 Å². The Kier molecular flexibility index (Phi) is 1.49. The lowest BCUT2D eigenvalue weighted by Crippen LogP contribution is -2.14. The second-order valence-corrected chi connectivity index (χ2v) is 4.09. The Morgan fingerprint density at radius 1 is 1.42 bits per heavy atom. The molecule has 2 N–H and O–H groups in total. The van der Waals surface area contributed by atoms with Crippen molar-refractivity contribution in [2.24, 2.45) is 5.14 Å². The van der Waals surface area contributed by atoms with Crippen molar-refractivity contribution in [3.63, 3.8) is 0 Å². The first kappa shape index (κ1) is 5.21. The first-order valence-electron chi connectivity index (χ1n) is 4.90. The van der Waals surface area contributed by atoms with Crippen LogP contribution in [0.3, 0.4) is 0 Å². The molecule has 0 aliphatic heterocycles. The maximum Gasteiger partial charge on any atom is 0.213 e. The summed E-state index contributed by atoms with van der Waals surface area (Å²) in [5.41, 5.74) is -0.276. The maximum atomic E-state index is 10.9. The molecule has 0 unspecified atom stereocenters. The average molecular weight is 210 g/mol. The molecule has 0 atom stereocenters. The number of halogens is 1. The average Bonchev–Trinajstić information content (AvgIpc) is 2.17. The number of nitrogens with two attached hydrogens (primary N) is 1. The molecule has 0 bridgehead atoms. The Morgan fingerprint density at radius 3 is 2.33 bits per heavy atom. The van der Waals surface area contributed by atoms with Crippen LogP contribution in [0, 0.1) is 0 Å². The topological polar surface area (TPSA) is 60.2 Å². The van der Waals surface area contributed by atoms with Crippen molar-refractivity contribution in [3.05, 3.63) is 34.8 Å². The van der Waals surface area contributed by atoms with Gasteiger partial charge < -0.3 is 0 Å². The SMILES string of the molecule is [2H]c1c([2H])c(CS(N)(=O)=O)c([2H])c([2H])c1Cl. The van der Waals surface area contributed by atoms with Crippen molar-refractivity contribution in [2.75, 3.05) is 0 Å². The van der Waals surface area contributed by atoms with E-state index < -0.39 is 39.9 Å². The fourth-order valence-electron chi connectivity index (χ4n) is 0.596. The molecule has 0 spiro atoms. The van der Waals surface area contributed by atoms with Crippen LogP contribution in [0.1, 0.15) is 11.0 Å². The molecule has 12 heavy (non-hydrogen) atoms. The molecule has 1 rings (SSSR count). The third-order valence-corrected chi connectivity index (χ3v) is 1.87. The highest BCUT2D eigenvalue weighted by Gasteiger charge is 2.03. The number of benzene rings is 1. The zero-order valence-electron chi connectivity index (χ0n) is 9.89. The summed E-state index contributed by atoms with van der Waals surface area (Å²) >= 11 is 5.54. The molecule has 0 fully saturated rings. The van der Waals surface area contributed by atoms with Crippen LogP contribution in [0.25, 0.3) is 0 Å². The minimum atomic E-state index is -3.92. The molecule has 0 aliphatic carbocycles. The lowest BCUT2D eigenvalue weighted by molar-refractivity contribution is 0.597. The Balaban J connectivity index is 3.52. The summed E-state index contributed by atoms with van der Waals surface area (Å²) in [5.74, 6) is -0.750. The zero-order valence-corrected chi connectivity index (χ0v) is 7.46. The summed E-state index contributed by atoms with van der Waals surface area (Å²) < 4.78 is 51.4. The van der Waals surface area contributed by atoms with E-state index in [2.05, 4.69) is 0 Å². The highest BCUT2D eigenvalue weighted by molar-refractivity contribution is 7.88. The Labute approximate surface area is 81.8 Å². The summed E-state index contributed by atoms with van der Waals surface area (Å²) in [6.07, 6.45) is 0. The predicted octanol–water partition coefficient (Wildman–Crippen LogP) is 1.13. The minimum absolute atomic E-state index is 0.276. The molecule has 0 heterocycles. The van der Waals surface area contributed by atoms with Gasteiger partial charge in [0.1, 0.15) is 0 Å². The van der Waals surface area contributed by atoms with Crippen molar-refractivity contribution >= 4 is 21.6 Å². The minimum Gasteiger partial charge on any atom is -0.228 e. The van der Waals surface area contributed by atoms with E-state index in [0.29, 0.717) is 0 Å². The van der Waals surface area contributed by atoms with E-state index in [1.54, 1.807) is 0 Å². The van der Waals surface area contributed by atoms with Crippen LogP contribution in [0.5, 0.6) is 0 Å². The molecular formula is C7H8ClNO2S. The normalized spacial score (nSPS) is 16.2. The third kappa shape index (κ3) is 3.21. The van der Waals surface area contributed by atoms with Gasteiger partial charge in [-0.1, -0.05) is 23.7 Å². The number of primary sulfonamides is 1. The Hall–Kier alpha value is -0.580. The van der Waals surface area contributed by atoms with Gasteiger partial charge in [0.2, 0.25) is 10.0 Å². The lowest BCUT2D eigenvalue weighted by Gasteiger charge is -1.97. The summed E-state index contributed by atoms with van der Waals surface area (Å²) in [6.45, 7) is 0. The maximum absolute atomic E-state index is 10.9. The van der Waals surface area contributed by atoms with Gasteiger partial charge in [-0.25, -0.2) is 13.6 Å². The molecule has 66 valence electrons. The highest BCUT2D eigenvalue weighted by atomic mass is 35.5. The molecule has 5 heteroatoms. The zero-order chi connectivity index (χ0) is 12.7. The van der Waals surface area contributed by atoms with Crippen molar-refractivity contribution in [1.29, 1.82) is 0 Å². The molecule has 0 radical (unpaired) electrons. The fourth-order valence-corrected chi connectivity index (χ4v) is 1.24. The predicted molar refractivity (Wildman–Crippen MR) is 48.3 cm³/mol. The van der Waals surface area contributed by atoms with Crippen LogP contribution in [-0.2, 0) is 15.8 Å². The van der Waals surface area contributed by atoms with Crippen LogP contribution < -0.4 is 5.14 Å². The largest absolute Gasteiger partial charge is 0.228 e. The van der Waals surface area contributed by atoms with Crippen molar-refractivity contribution < 1.29 is 13.9 Å². The smallest absolute Gasteiger partial charge is 0.213 e. The number of hydrogen-bond donors (Lipinski definition) is 1. The second kappa shape index (κ2) is 3.43. The number of hydrogen-bond acceptors (Lipinski definition) is 2. The third-order valence-electron chi connectivity index (χ3n) is 0.992. The fraction of sp³-hybridized carbons (Fsp3) is 0.143. The van der Waals surface area contributed by atoms with Crippen LogP contribution in [0.2, 0.25) is 5.02 Å². The highest BCUT2D eigenvalue weighted by Crippen LogP contribution is 2.10. The van der Waals surface area contributed by atoms with Gasteiger partial charge in [-0.3, -0.25) is 0 Å². The summed E-state index contributed by atoms with van der Waals surface area (Å²) in [4.78, 5) is 0. The van der Waals surface area contributed by atoms with Crippen molar-refractivity contribution in [2.45, 2.75) is 5.75 Å². The monoisotopic (exact) mass is 209 g/mol. The molecule has 0 amide bonds. The Bertz CT molecular complexity index is 517. The first-order valence-corrected chi connectivity index (χ1v) is 4.99. The van der Waals surface area contributed by atoms with Crippen molar-refractivity contribution in [3.8, 4) is 0 Å². The van der Waals surface area contributed by atoms with E-state index in [1.165, 1.54) is 0 Å². The summed E-state index contributed by atoms with van der Waals surface area (Å²) in [5, 5.41) is 4.45. The van der Waals surface area contributed by atoms with Gasteiger partial charge in [-0.05, 0) is 17.6 Å². The molecule has 0 aromatic heterocycles. The molecule has 1 aromatic carbocycles. The van der Waals surface area contributed by atoms with E-state index in [-0.39, 0.29) is 10.6 Å². The molecule has 3 nitrogen and oxygen atoms in total. The first-order chi connectivity index (χ1) is 7.15. The quantitative estimate of drug-likeness (QED) is 0.794. The number of sulfonamides is 1. The van der Waals surface area contributed by atoms with E-state index in [1.807, 2.05) is 0 Å². The van der Waals surface area contributed by atoms with Crippen molar-refractivity contribution in [1.82, 2.24) is 0 Å². The van der Waals surface area contributed by atoms with Crippen LogP contribution in [0.4, 0.5) is 0 Å². The second-order valence-electron chi connectivity index (χ2n) is 2.10. The van der Waals surface area contributed by atoms with E-state index in [0.717, 1.165) is 0 Å². The van der Waals surface area contributed by atoms with Gasteiger partial charge >= 0.3 is 0 Å². The van der Waals surface area contributed by atoms with Crippen LogP contribution in [-0.4, -0.2) is 8.42 Å². The molecular weight excluding hydrogens is 198 g/mol. The van der Waals surface area contributed by atoms with E-state index in [4.69, 9.17) is 22.2 Å². The van der Waals surface area contributed by atoms with Crippen LogP contribution >= 0.6 is 11.6 Å². The van der Waals surface area contributed by atoms with E-state index in [9.17, 15) is 8.42 Å². The van der Waals surface area contributed by atoms with Gasteiger partial charge in [-0.15, -0.1) is 0 Å². The Morgan fingerprint density at radius 2 is 1.92 bits per heavy atom. The van der Waals surface area contributed by atoms with Gasteiger partial charge in [-0.2, -0.15) is 0 Å². The molecule has 0 saturated heterocycles. The molecule has 0 aliphatic rings. The van der Waals surface area contributed by atoms with Gasteiger partial charge in [0.25, 0.3) is 0 Å². The van der Waals surface area contributed by atoms with Gasteiger partial charge in [0.15, 0.2) is 0 Å². The summed E-state index contributed by atoms with van der Waals surface area (Å²) in [6, 6.07) is -1.91. The molecule has 1 aromatic rings.